The summed E-state index contributed by atoms with van der Waals surface area (Å²) in [5, 5.41) is 18.6. The van der Waals surface area contributed by atoms with Crippen LogP contribution < -0.4 is 0 Å². The fraction of sp³-hybridized carbons (Fsp3) is 0.900. The monoisotopic (exact) mass is 186 g/mol. The summed E-state index contributed by atoms with van der Waals surface area (Å²) in [7, 11) is 0. The molecule has 0 saturated heterocycles. The number of aliphatic carboxylic acids is 1. The lowest BCUT2D eigenvalue weighted by atomic mass is 9.63. The quantitative estimate of drug-likeness (QED) is 0.652. The van der Waals surface area contributed by atoms with Crippen molar-refractivity contribution in [3.05, 3.63) is 0 Å². The van der Waals surface area contributed by atoms with Crippen molar-refractivity contribution in [3.8, 4) is 0 Å². The van der Waals surface area contributed by atoms with E-state index in [9.17, 15) is 9.90 Å². The van der Waals surface area contributed by atoms with Gasteiger partial charge in [-0.25, -0.2) is 0 Å². The molecule has 1 fully saturated rings. The molecule has 2 N–H and O–H groups in total. The fourth-order valence-corrected chi connectivity index (χ4v) is 2.43. The number of carbonyl (C=O) groups is 1. The second kappa shape index (κ2) is 3.29. The molecule has 3 nitrogen and oxygen atoms in total. The zero-order chi connectivity index (χ0) is 10.2. The van der Waals surface area contributed by atoms with Crippen LogP contribution in [0.3, 0.4) is 0 Å². The first-order valence-electron chi connectivity index (χ1n) is 4.77. The van der Waals surface area contributed by atoms with Crippen LogP contribution in [0.15, 0.2) is 0 Å². The highest BCUT2D eigenvalue weighted by molar-refractivity contribution is 5.71. The Kier molecular flexibility index (Phi) is 2.66. The molecule has 0 radical (unpaired) electrons. The SMILES string of the molecule is C[C@H]1C(O)CCC(C)(C)[C@H]1C(=O)O. The maximum absolute atomic E-state index is 11.0. The number of hydrogen-bond donors (Lipinski definition) is 2. The Balaban J connectivity index is 2.88. The zero-order valence-corrected chi connectivity index (χ0v) is 8.45. The van der Waals surface area contributed by atoms with E-state index in [2.05, 4.69) is 0 Å². The van der Waals surface area contributed by atoms with Gasteiger partial charge in [-0.2, -0.15) is 0 Å². The highest BCUT2D eigenvalue weighted by Gasteiger charge is 2.45. The van der Waals surface area contributed by atoms with E-state index in [-0.39, 0.29) is 11.3 Å². The smallest absolute Gasteiger partial charge is 0.307 e. The molecular formula is C10H18O3. The molecule has 76 valence electrons. The highest BCUT2D eigenvalue weighted by atomic mass is 16.4. The summed E-state index contributed by atoms with van der Waals surface area (Å²) in [4.78, 5) is 11.0. The van der Waals surface area contributed by atoms with E-state index in [1.54, 1.807) is 0 Å². The molecule has 1 aliphatic rings. The number of aliphatic hydroxyl groups is 1. The van der Waals surface area contributed by atoms with Crippen LogP contribution in [-0.4, -0.2) is 22.3 Å². The summed E-state index contributed by atoms with van der Waals surface area (Å²) in [5.74, 6) is -1.34. The number of carboxylic acids is 1. The van der Waals surface area contributed by atoms with Gasteiger partial charge in [-0.3, -0.25) is 4.79 Å². The van der Waals surface area contributed by atoms with Gasteiger partial charge in [0.05, 0.1) is 12.0 Å². The van der Waals surface area contributed by atoms with E-state index in [4.69, 9.17) is 5.11 Å². The molecule has 0 spiro atoms. The van der Waals surface area contributed by atoms with Crippen LogP contribution in [0.4, 0.5) is 0 Å². The molecule has 1 unspecified atom stereocenters. The first-order chi connectivity index (χ1) is 5.86. The van der Waals surface area contributed by atoms with Crippen molar-refractivity contribution in [1.82, 2.24) is 0 Å². The predicted molar refractivity (Wildman–Crippen MR) is 49.3 cm³/mol. The molecule has 3 atom stereocenters. The van der Waals surface area contributed by atoms with Crippen molar-refractivity contribution >= 4 is 5.97 Å². The Hall–Kier alpha value is -0.570. The van der Waals surface area contributed by atoms with E-state index in [1.807, 2.05) is 20.8 Å². The molecule has 0 heterocycles. The summed E-state index contributed by atoms with van der Waals surface area (Å²) in [6.07, 6.45) is 1.06. The Morgan fingerprint density at radius 1 is 1.46 bits per heavy atom. The van der Waals surface area contributed by atoms with Gasteiger partial charge in [-0.1, -0.05) is 20.8 Å². The molecule has 0 bridgehead atoms. The highest BCUT2D eigenvalue weighted by Crippen LogP contribution is 2.43. The van der Waals surface area contributed by atoms with Crippen LogP contribution in [0.2, 0.25) is 0 Å². The molecule has 13 heavy (non-hydrogen) atoms. The van der Waals surface area contributed by atoms with E-state index in [0.717, 1.165) is 12.8 Å². The zero-order valence-electron chi connectivity index (χ0n) is 8.45. The van der Waals surface area contributed by atoms with Gasteiger partial charge in [0, 0.05) is 0 Å². The molecule has 0 aromatic rings. The van der Waals surface area contributed by atoms with Crippen molar-refractivity contribution in [2.75, 3.05) is 0 Å². The molecular weight excluding hydrogens is 168 g/mol. The van der Waals surface area contributed by atoms with E-state index in [0.29, 0.717) is 0 Å². The van der Waals surface area contributed by atoms with Gasteiger partial charge in [0.2, 0.25) is 0 Å². The minimum Gasteiger partial charge on any atom is -0.481 e. The summed E-state index contributed by atoms with van der Waals surface area (Å²) in [6.45, 7) is 5.76. The first kappa shape index (κ1) is 10.5. The predicted octanol–water partition coefficient (Wildman–Crippen LogP) is 1.50. The van der Waals surface area contributed by atoms with Crippen LogP contribution in [-0.2, 0) is 4.79 Å². The van der Waals surface area contributed by atoms with Crippen LogP contribution in [0.5, 0.6) is 0 Å². The average Bonchev–Trinajstić information content (AvgIpc) is 1.96. The van der Waals surface area contributed by atoms with Crippen molar-refractivity contribution in [2.45, 2.75) is 39.7 Å². The lowest BCUT2D eigenvalue weighted by molar-refractivity contribution is -0.155. The third-order valence-electron chi connectivity index (χ3n) is 3.33. The Labute approximate surface area is 78.8 Å². The summed E-state index contributed by atoms with van der Waals surface area (Å²) in [6, 6.07) is 0. The Morgan fingerprint density at radius 2 is 2.00 bits per heavy atom. The van der Waals surface area contributed by atoms with Crippen LogP contribution in [0, 0.1) is 17.3 Å². The molecule has 0 aromatic heterocycles. The summed E-state index contributed by atoms with van der Waals surface area (Å²) < 4.78 is 0. The molecule has 3 heteroatoms. The number of carboxylic acid groups (broad SMARTS) is 1. The third kappa shape index (κ3) is 1.85. The third-order valence-corrected chi connectivity index (χ3v) is 3.33. The minimum absolute atomic E-state index is 0.138. The van der Waals surface area contributed by atoms with Crippen LogP contribution in [0.1, 0.15) is 33.6 Å². The van der Waals surface area contributed by atoms with Gasteiger partial charge in [0.15, 0.2) is 0 Å². The molecule has 0 aromatic carbocycles. The molecule has 1 saturated carbocycles. The van der Waals surface area contributed by atoms with Gasteiger partial charge < -0.3 is 10.2 Å². The Bertz CT molecular complexity index is 210. The molecule has 1 rings (SSSR count). The van der Waals surface area contributed by atoms with Gasteiger partial charge in [0.25, 0.3) is 0 Å². The second-order valence-electron chi connectivity index (χ2n) is 4.77. The Morgan fingerprint density at radius 3 is 2.38 bits per heavy atom. The standard InChI is InChI=1S/C10H18O3/c1-6-7(11)4-5-10(2,3)8(6)9(12)13/h6-8,11H,4-5H2,1-3H3,(H,12,13)/t6-,7?,8+/m0/s1. The lowest BCUT2D eigenvalue weighted by Crippen LogP contribution is -2.45. The van der Waals surface area contributed by atoms with Crippen LogP contribution >= 0.6 is 0 Å². The number of aliphatic hydroxyl groups excluding tert-OH is 1. The van der Waals surface area contributed by atoms with Gasteiger partial charge >= 0.3 is 5.97 Å². The number of rotatable bonds is 1. The van der Waals surface area contributed by atoms with E-state index in [1.165, 1.54) is 0 Å². The van der Waals surface area contributed by atoms with Crippen molar-refractivity contribution in [2.24, 2.45) is 17.3 Å². The van der Waals surface area contributed by atoms with Gasteiger partial charge in [-0.15, -0.1) is 0 Å². The fourth-order valence-electron chi connectivity index (χ4n) is 2.43. The first-order valence-corrected chi connectivity index (χ1v) is 4.77. The van der Waals surface area contributed by atoms with Crippen LogP contribution in [0.25, 0.3) is 0 Å². The van der Waals surface area contributed by atoms with Crippen molar-refractivity contribution < 1.29 is 15.0 Å². The topological polar surface area (TPSA) is 57.5 Å². The summed E-state index contributed by atoms with van der Waals surface area (Å²) in [5.41, 5.74) is -0.190. The largest absolute Gasteiger partial charge is 0.481 e. The lowest BCUT2D eigenvalue weighted by Gasteiger charge is -2.42. The molecule has 0 aliphatic heterocycles. The van der Waals surface area contributed by atoms with Crippen molar-refractivity contribution in [3.63, 3.8) is 0 Å². The van der Waals surface area contributed by atoms with Gasteiger partial charge in [-0.05, 0) is 24.2 Å². The normalized spacial score (nSPS) is 38.6. The van der Waals surface area contributed by atoms with Crippen molar-refractivity contribution in [1.29, 1.82) is 0 Å². The minimum atomic E-state index is -0.781. The molecule has 0 amide bonds. The number of hydrogen-bond acceptors (Lipinski definition) is 2. The van der Waals surface area contributed by atoms with Gasteiger partial charge in [0.1, 0.15) is 0 Å². The second-order valence-corrected chi connectivity index (χ2v) is 4.77. The molecule has 1 aliphatic carbocycles. The maximum atomic E-state index is 11.0. The summed E-state index contributed by atoms with van der Waals surface area (Å²) >= 11 is 0. The average molecular weight is 186 g/mol. The maximum Gasteiger partial charge on any atom is 0.307 e. The van der Waals surface area contributed by atoms with E-state index >= 15 is 0 Å². The van der Waals surface area contributed by atoms with E-state index < -0.39 is 18.0 Å².